The van der Waals surface area contributed by atoms with Gasteiger partial charge in [0.25, 0.3) is 0 Å². The van der Waals surface area contributed by atoms with Crippen molar-refractivity contribution in [1.29, 1.82) is 0 Å². The van der Waals surface area contributed by atoms with Crippen molar-refractivity contribution >= 4 is 15.9 Å². The third-order valence-corrected chi connectivity index (χ3v) is 2.76. The van der Waals surface area contributed by atoms with E-state index in [4.69, 9.17) is 0 Å². The van der Waals surface area contributed by atoms with E-state index in [-0.39, 0.29) is 10.0 Å². The summed E-state index contributed by atoms with van der Waals surface area (Å²) in [6, 6.07) is 2.05. The summed E-state index contributed by atoms with van der Waals surface area (Å²) in [7, 11) is 0. The van der Waals surface area contributed by atoms with E-state index >= 15 is 0 Å². The van der Waals surface area contributed by atoms with E-state index in [0.717, 1.165) is 12.1 Å². The predicted octanol–water partition coefficient (Wildman–Crippen LogP) is 3.81. The molecule has 0 radical (unpaired) electrons. The van der Waals surface area contributed by atoms with Gasteiger partial charge < -0.3 is 5.11 Å². The minimum absolute atomic E-state index is 0.0109. The van der Waals surface area contributed by atoms with Crippen LogP contribution in [0.5, 0.6) is 0 Å². The Labute approximate surface area is 96.2 Å². The zero-order valence-electron chi connectivity index (χ0n) is 8.81. The lowest BCUT2D eigenvalue weighted by Gasteiger charge is -2.26. The summed E-state index contributed by atoms with van der Waals surface area (Å²) in [6.07, 6.45) is -1.03. The molecule has 0 amide bonds. The van der Waals surface area contributed by atoms with Gasteiger partial charge in [0.1, 0.15) is 11.6 Å². The van der Waals surface area contributed by atoms with Crippen molar-refractivity contribution in [2.24, 2.45) is 5.41 Å². The van der Waals surface area contributed by atoms with Crippen LogP contribution >= 0.6 is 15.9 Å². The van der Waals surface area contributed by atoms with Gasteiger partial charge in [0.05, 0.1) is 10.6 Å². The lowest BCUT2D eigenvalue weighted by atomic mass is 9.84. The molecule has 15 heavy (non-hydrogen) atoms. The maximum absolute atomic E-state index is 13.5. The molecule has 1 atom stereocenters. The van der Waals surface area contributed by atoms with Crippen LogP contribution in [-0.2, 0) is 0 Å². The first-order valence-electron chi connectivity index (χ1n) is 4.56. The predicted molar refractivity (Wildman–Crippen MR) is 58.5 cm³/mol. The molecule has 1 aromatic rings. The highest BCUT2D eigenvalue weighted by Gasteiger charge is 2.27. The first-order chi connectivity index (χ1) is 6.73. The summed E-state index contributed by atoms with van der Waals surface area (Å²) in [5, 5.41) is 9.83. The van der Waals surface area contributed by atoms with Crippen LogP contribution in [0.3, 0.4) is 0 Å². The van der Waals surface area contributed by atoms with Crippen molar-refractivity contribution in [3.8, 4) is 0 Å². The number of halogens is 3. The maximum Gasteiger partial charge on any atom is 0.137 e. The van der Waals surface area contributed by atoms with Crippen LogP contribution in [-0.4, -0.2) is 5.11 Å². The molecule has 4 heteroatoms. The highest BCUT2D eigenvalue weighted by atomic mass is 79.9. The van der Waals surface area contributed by atoms with Gasteiger partial charge in [-0.3, -0.25) is 0 Å². The quantitative estimate of drug-likeness (QED) is 0.775. The first-order valence-corrected chi connectivity index (χ1v) is 5.35. The summed E-state index contributed by atoms with van der Waals surface area (Å²) in [4.78, 5) is 0. The van der Waals surface area contributed by atoms with E-state index in [9.17, 15) is 13.9 Å². The molecule has 0 aliphatic carbocycles. The van der Waals surface area contributed by atoms with Crippen molar-refractivity contribution in [3.63, 3.8) is 0 Å². The summed E-state index contributed by atoms with van der Waals surface area (Å²) >= 11 is 2.88. The second-order valence-corrected chi connectivity index (χ2v) is 5.41. The van der Waals surface area contributed by atoms with Crippen molar-refractivity contribution in [2.75, 3.05) is 0 Å². The van der Waals surface area contributed by atoms with Crippen LogP contribution < -0.4 is 0 Å². The molecular formula is C11H13BrF2O. The van der Waals surface area contributed by atoms with Gasteiger partial charge in [-0.15, -0.1) is 0 Å². The van der Waals surface area contributed by atoms with Crippen LogP contribution in [0.15, 0.2) is 16.6 Å². The van der Waals surface area contributed by atoms with E-state index < -0.39 is 23.2 Å². The molecule has 0 fully saturated rings. The minimum atomic E-state index is -1.03. The molecule has 1 aromatic carbocycles. The van der Waals surface area contributed by atoms with E-state index in [2.05, 4.69) is 15.9 Å². The second-order valence-electron chi connectivity index (χ2n) is 4.56. The monoisotopic (exact) mass is 278 g/mol. The molecule has 0 aliphatic rings. The zero-order chi connectivity index (χ0) is 11.8. The van der Waals surface area contributed by atoms with Crippen LogP contribution in [0, 0.1) is 17.0 Å². The maximum atomic E-state index is 13.5. The number of aliphatic hydroxyl groups excluding tert-OH is 1. The number of hydrogen-bond donors (Lipinski definition) is 1. The van der Waals surface area contributed by atoms with Crippen molar-refractivity contribution in [2.45, 2.75) is 26.9 Å². The average Bonchev–Trinajstić information content (AvgIpc) is 2.08. The molecule has 0 aliphatic heterocycles. The van der Waals surface area contributed by atoms with Crippen LogP contribution in [0.2, 0.25) is 0 Å². The molecule has 0 heterocycles. The molecule has 84 valence electrons. The van der Waals surface area contributed by atoms with E-state index in [1.54, 1.807) is 20.8 Å². The molecule has 0 aromatic heterocycles. The Morgan fingerprint density at radius 1 is 1.20 bits per heavy atom. The van der Waals surface area contributed by atoms with Gasteiger partial charge in [0, 0.05) is 5.56 Å². The standard InChI is InChI=1S/C11H13BrF2O/c1-11(2,3)10(15)6-4-9(14)7(12)5-8(6)13/h4-5,10,15H,1-3H3. The van der Waals surface area contributed by atoms with Crippen LogP contribution in [0.4, 0.5) is 8.78 Å². The fourth-order valence-electron chi connectivity index (χ4n) is 1.21. The molecule has 0 spiro atoms. The van der Waals surface area contributed by atoms with Crippen LogP contribution in [0.25, 0.3) is 0 Å². The summed E-state index contributed by atoms with van der Waals surface area (Å²) in [5.41, 5.74) is -0.538. The van der Waals surface area contributed by atoms with Gasteiger partial charge in [-0.25, -0.2) is 8.78 Å². The Kier molecular flexibility index (Phi) is 3.51. The topological polar surface area (TPSA) is 20.2 Å². The lowest BCUT2D eigenvalue weighted by Crippen LogP contribution is -2.19. The number of aliphatic hydroxyl groups is 1. The van der Waals surface area contributed by atoms with Gasteiger partial charge in [0.2, 0.25) is 0 Å². The fourth-order valence-corrected chi connectivity index (χ4v) is 1.53. The molecule has 1 rings (SSSR count). The third kappa shape index (κ3) is 2.75. The van der Waals surface area contributed by atoms with Crippen molar-refractivity contribution < 1.29 is 13.9 Å². The highest BCUT2D eigenvalue weighted by molar-refractivity contribution is 9.10. The number of hydrogen-bond acceptors (Lipinski definition) is 1. The molecule has 0 bridgehead atoms. The van der Waals surface area contributed by atoms with Crippen LogP contribution in [0.1, 0.15) is 32.4 Å². The first kappa shape index (κ1) is 12.6. The summed E-state index contributed by atoms with van der Waals surface area (Å²) < 4.78 is 26.7. The Balaban J connectivity index is 3.21. The summed E-state index contributed by atoms with van der Waals surface area (Å²) in [5.74, 6) is -1.18. The Morgan fingerprint density at radius 3 is 2.20 bits per heavy atom. The SMILES string of the molecule is CC(C)(C)C(O)c1cc(F)c(Br)cc1F. The average molecular weight is 279 g/mol. The van der Waals surface area contributed by atoms with Gasteiger partial charge in [-0.1, -0.05) is 20.8 Å². The van der Waals surface area contributed by atoms with Gasteiger partial charge in [0.15, 0.2) is 0 Å². The Morgan fingerprint density at radius 2 is 1.73 bits per heavy atom. The van der Waals surface area contributed by atoms with E-state index in [1.807, 2.05) is 0 Å². The molecule has 1 unspecified atom stereocenters. The largest absolute Gasteiger partial charge is 0.388 e. The van der Waals surface area contributed by atoms with Gasteiger partial charge in [-0.05, 0) is 33.5 Å². The van der Waals surface area contributed by atoms with E-state index in [1.165, 1.54) is 0 Å². The third-order valence-electron chi connectivity index (χ3n) is 2.15. The number of benzene rings is 1. The van der Waals surface area contributed by atoms with Crippen molar-refractivity contribution in [3.05, 3.63) is 33.8 Å². The van der Waals surface area contributed by atoms with Gasteiger partial charge in [-0.2, -0.15) is 0 Å². The Hall–Kier alpha value is -0.480. The molecule has 1 N–H and O–H groups in total. The molecular weight excluding hydrogens is 266 g/mol. The Bertz CT molecular complexity index is 372. The smallest absolute Gasteiger partial charge is 0.137 e. The molecule has 0 saturated heterocycles. The molecule has 0 saturated carbocycles. The molecule has 1 nitrogen and oxygen atoms in total. The van der Waals surface area contributed by atoms with Gasteiger partial charge >= 0.3 is 0 Å². The summed E-state index contributed by atoms with van der Waals surface area (Å²) in [6.45, 7) is 5.28. The highest BCUT2D eigenvalue weighted by Crippen LogP contribution is 2.35. The van der Waals surface area contributed by atoms with Crippen molar-refractivity contribution in [1.82, 2.24) is 0 Å². The lowest BCUT2D eigenvalue weighted by molar-refractivity contribution is 0.0591. The minimum Gasteiger partial charge on any atom is -0.388 e. The number of rotatable bonds is 1. The second kappa shape index (κ2) is 4.18. The normalized spacial score (nSPS) is 14.1. The zero-order valence-corrected chi connectivity index (χ0v) is 10.4. The van der Waals surface area contributed by atoms with E-state index in [0.29, 0.717) is 0 Å². The fraction of sp³-hybridized carbons (Fsp3) is 0.455.